The van der Waals surface area contributed by atoms with Crippen LogP contribution < -0.4 is 10.5 Å². The average molecular weight is 314 g/mol. The Morgan fingerprint density at radius 3 is 2.32 bits per heavy atom. The van der Waals surface area contributed by atoms with Gasteiger partial charge in [0.2, 0.25) is 0 Å². The molecular weight excluding hydrogens is 292 g/mol. The standard InChI is InChI=1S/C18H22N2OS/c1-18(2,3)14-8-6-13(7-9-14)15-12-16(21)19-17(22-15)20-10-4-5-11-20/h6-9,12H,4-5,10-11H2,1-3H3. The molecule has 0 unspecified atom stereocenters. The van der Waals surface area contributed by atoms with Crippen LogP contribution in [0.2, 0.25) is 0 Å². The third-order valence-electron chi connectivity index (χ3n) is 4.07. The van der Waals surface area contributed by atoms with Crippen molar-refractivity contribution in [3.05, 3.63) is 46.2 Å². The van der Waals surface area contributed by atoms with E-state index in [2.05, 4.69) is 54.9 Å². The lowest BCUT2D eigenvalue weighted by Gasteiger charge is -2.19. The van der Waals surface area contributed by atoms with Crippen LogP contribution in [0.15, 0.2) is 35.1 Å². The van der Waals surface area contributed by atoms with Crippen LogP contribution in [0.3, 0.4) is 0 Å². The molecule has 0 atom stereocenters. The fourth-order valence-corrected chi connectivity index (χ4v) is 3.77. The lowest BCUT2D eigenvalue weighted by molar-refractivity contribution is 0.590. The van der Waals surface area contributed by atoms with Crippen molar-refractivity contribution in [2.75, 3.05) is 18.0 Å². The highest BCUT2D eigenvalue weighted by atomic mass is 32.1. The zero-order chi connectivity index (χ0) is 15.7. The second-order valence-electron chi connectivity index (χ2n) is 6.86. The summed E-state index contributed by atoms with van der Waals surface area (Å²) in [6.45, 7) is 8.64. The van der Waals surface area contributed by atoms with Crippen molar-refractivity contribution in [3.8, 4) is 10.4 Å². The molecule has 3 nitrogen and oxygen atoms in total. The summed E-state index contributed by atoms with van der Waals surface area (Å²) in [4.78, 5) is 19.3. The van der Waals surface area contributed by atoms with Crippen molar-refractivity contribution in [1.82, 2.24) is 4.98 Å². The van der Waals surface area contributed by atoms with Gasteiger partial charge in [-0.25, -0.2) is 0 Å². The minimum atomic E-state index is -0.143. The smallest absolute Gasteiger partial charge is 0.273 e. The van der Waals surface area contributed by atoms with Gasteiger partial charge in [-0.1, -0.05) is 56.4 Å². The first kappa shape index (κ1) is 15.2. The lowest BCUT2D eigenvalue weighted by atomic mass is 9.86. The molecule has 0 saturated carbocycles. The van der Waals surface area contributed by atoms with E-state index in [0.29, 0.717) is 0 Å². The van der Waals surface area contributed by atoms with Crippen LogP contribution in [0, 0.1) is 0 Å². The average Bonchev–Trinajstić information content (AvgIpc) is 3.00. The van der Waals surface area contributed by atoms with Crippen LogP contribution in [0.25, 0.3) is 10.4 Å². The van der Waals surface area contributed by atoms with E-state index in [-0.39, 0.29) is 11.0 Å². The number of nitrogens with zero attached hydrogens (tertiary/aromatic N) is 2. The molecule has 1 saturated heterocycles. The molecule has 2 aromatic rings. The highest BCUT2D eigenvalue weighted by molar-refractivity contribution is 7.18. The van der Waals surface area contributed by atoms with E-state index < -0.39 is 0 Å². The molecule has 0 spiro atoms. The Balaban J connectivity index is 1.95. The molecule has 0 radical (unpaired) electrons. The second-order valence-corrected chi connectivity index (χ2v) is 7.87. The first-order valence-corrected chi connectivity index (χ1v) is 8.63. The van der Waals surface area contributed by atoms with Crippen LogP contribution in [0.4, 0.5) is 5.13 Å². The number of rotatable bonds is 2. The highest BCUT2D eigenvalue weighted by Gasteiger charge is 2.17. The number of aromatic nitrogens is 1. The number of anilines is 1. The molecule has 0 aliphatic carbocycles. The van der Waals surface area contributed by atoms with Crippen molar-refractivity contribution in [3.63, 3.8) is 0 Å². The lowest BCUT2D eigenvalue weighted by Crippen LogP contribution is -2.21. The van der Waals surface area contributed by atoms with Crippen molar-refractivity contribution < 1.29 is 0 Å². The number of hydrogen-bond acceptors (Lipinski definition) is 4. The largest absolute Gasteiger partial charge is 0.348 e. The van der Waals surface area contributed by atoms with Gasteiger partial charge in [-0.05, 0) is 29.4 Å². The van der Waals surface area contributed by atoms with E-state index in [1.54, 1.807) is 17.4 Å². The van der Waals surface area contributed by atoms with Gasteiger partial charge in [0.15, 0.2) is 5.13 Å². The molecule has 1 aromatic heterocycles. The van der Waals surface area contributed by atoms with Gasteiger partial charge in [0, 0.05) is 24.0 Å². The summed E-state index contributed by atoms with van der Waals surface area (Å²) in [6, 6.07) is 10.2. The third kappa shape index (κ3) is 3.22. The van der Waals surface area contributed by atoms with Crippen LogP contribution >= 0.6 is 11.3 Å². The molecule has 0 bridgehead atoms. The minimum Gasteiger partial charge on any atom is -0.348 e. The molecular formula is C18H22N2OS. The maximum absolute atomic E-state index is 11.9. The number of hydrogen-bond donors (Lipinski definition) is 0. The van der Waals surface area contributed by atoms with Gasteiger partial charge in [-0.15, -0.1) is 0 Å². The maximum Gasteiger partial charge on any atom is 0.273 e. The van der Waals surface area contributed by atoms with E-state index >= 15 is 0 Å². The Bertz CT molecular complexity index is 707. The Labute approximate surface area is 135 Å². The summed E-state index contributed by atoms with van der Waals surface area (Å²) in [5.74, 6) is 0. The fourth-order valence-electron chi connectivity index (χ4n) is 2.71. The van der Waals surface area contributed by atoms with E-state index in [1.807, 2.05) is 0 Å². The van der Waals surface area contributed by atoms with Crippen LogP contribution in [0.1, 0.15) is 39.2 Å². The monoisotopic (exact) mass is 314 g/mol. The molecule has 22 heavy (non-hydrogen) atoms. The number of benzene rings is 1. The summed E-state index contributed by atoms with van der Waals surface area (Å²) >= 11 is 1.62. The summed E-state index contributed by atoms with van der Waals surface area (Å²) in [7, 11) is 0. The van der Waals surface area contributed by atoms with Crippen molar-refractivity contribution in [2.24, 2.45) is 0 Å². The third-order valence-corrected chi connectivity index (χ3v) is 5.18. The van der Waals surface area contributed by atoms with Gasteiger partial charge < -0.3 is 4.90 Å². The molecule has 1 aliphatic heterocycles. The fraction of sp³-hybridized carbons (Fsp3) is 0.444. The predicted molar refractivity (Wildman–Crippen MR) is 94.0 cm³/mol. The molecule has 116 valence electrons. The molecule has 0 N–H and O–H groups in total. The van der Waals surface area contributed by atoms with Crippen LogP contribution in [-0.2, 0) is 5.41 Å². The molecule has 4 heteroatoms. The topological polar surface area (TPSA) is 33.2 Å². The zero-order valence-electron chi connectivity index (χ0n) is 13.4. The normalized spacial score (nSPS) is 15.3. The maximum atomic E-state index is 11.9. The van der Waals surface area contributed by atoms with E-state index in [9.17, 15) is 4.79 Å². The molecule has 1 aliphatic rings. The van der Waals surface area contributed by atoms with Crippen molar-refractivity contribution in [1.29, 1.82) is 0 Å². The zero-order valence-corrected chi connectivity index (χ0v) is 14.2. The first-order chi connectivity index (χ1) is 10.4. The van der Waals surface area contributed by atoms with E-state index in [0.717, 1.165) is 28.7 Å². The van der Waals surface area contributed by atoms with Crippen LogP contribution in [0.5, 0.6) is 0 Å². The molecule has 1 aromatic carbocycles. The Morgan fingerprint density at radius 1 is 1.09 bits per heavy atom. The van der Waals surface area contributed by atoms with Gasteiger partial charge in [-0.2, -0.15) is 4.98 Å². The van der Waals surface area contributed by atoms with E-state index in [1.165, 1.54) is 18.4 Å². The van der Waals surface area contributed by atoms with Gasteiger partial charge in [0.05, 0.1) is 0 Å². The highest BCUT2D eigenvalue weighted by Crippen LogP contribution is 2.31. The first-order valence-electron chi connectivity index (χ1n) is 7.81. The van der Waals surface area contributed by atoms with Gasteiger partial charge in [-0.3, -0.25) is 4.79 Å². The summed E-state index contributed by atoms with van der Waals surface area (Å²) in [6.07, 6.45) is 2.38. The summed E-state index contributed by atoms with van der Waals surface area (Å²) < 4.78 is 0. The molecule has 2 heterocycles. The molecule has 0 amide bonds. The Morgan fingerprint density at radius 2 is 1.73 bits per heavy atom. The van der Waals surface area contributed by atoms with Gasteiger partial charge in [0.25, 0.3) is 5.56 Å². The van der Waals surface area contributed by atoms with Gasteiger partial charge in [0.1, 0.15) is 0 Å². The minimum absolute atomic E-state index is 0.143. The SMILES string of the molecule is CC(C)(C)c1ccc(-c2cc(=O)nc(N3CCCC3)s2)cc1. The quantitative estimate of drug-likeness (QED) is 0.838. The van der Waals surface area contributed by atoms with Crippen molar-refractivity contribution >= 4 is 16.5 Å². The molecule has 3 rings (SSSR count). The van der Waals surface area contributed by atoms with Crippen LogP contribution in [-0.4, -0.2) is 18.1 Å². The predicted octanol–water partition coefficient (Wildman–Crippen LogP) is 4.07. The summed E-state index contributed by atoms with van der Waals surface area (Å²) in [5, 5.41) is 0.861. The van der Waals surface area contributed by atoms with Crippen molar-refractivity contribution in [2.45, 2.75) is 39.0 Å². The van der Waals surface area contributed by atoms with E-state index in [4.69, 9.17) is 0 Å². The molecule has 1 fully saturated rings. The Kier molecular flexibility index (Phi) is 4.04. The van der Waals surface area contributed by atoms with Gasteiger partial charge >= 0.3 is 0 Å². The Hall–Kier alpha value is -1.68. The second kappa shape index (κ2) is 5.84. The summed E-state index contributed by atoms with van der Waals surface area (Å²) in [5.41, 5.74) is 2.40.